The Morgan fingerprint density at radius 1 is 1.29 bits per heavy atom. The molecule has 2 aliphatic heterocycles. The van der Waals surface area contributed by atoms with Crippen molar-refractivity contribution in [2.75, 3.05) is 6.61 Å². The maximum absolute atomic E-state index is 11.9. The van der Waals surface area contributed by atoms with Crippen LogP contribution in [0.25, 0.3) is 0 Å². The summed E-state index contributed by atoms with van der Waals surface area (Å²) in [5, 5.41) is 21.1. The molecule has 0 unspecified atom stereocenters. The van der Waals surface area contributed by atoms with Gasteiger partial charge in [-0.25, -0.2) is 5.06 Å². The minimum absolute atomic E-state index is 0.0746. The number of amides is 1. The zero-order valence-corrected chi connectivity index (χ0v) is 11.6. The van der Waals surface area contributed by atoms with E-state index in [1.54, 1.807) is 0 Å². The van der Waals surface area contributed by atoms with E-state index in [4.69, 9.17) is 9.57 Å². The van der Waals surface area contributed by atoms with Crippen molar-refractivity contribution in [3.8, 4) is 0 Å². The van der Waals surface area contributed by atoms with Gasteiger partial charge in [0.05, 0.1) is 12.7 Å². The lowest BCUT2D eigenvalue weighted by Gasteiger charge is -2.46. The molecule has 2 N–H and O–H groups in total. The monoisotopic (exact) mass is 293 g/mol. The second-order valence-electron chi connectivity index (χ2n) is 5.44. The summed E-state index contributed by atoms with van der Waals surface area (Å²) in [7, 11) is 0. The van der Waals surface area contributed by atoms with E-state index in [0.29, 0.717) is 19.4 Å². The van der Waals surface area contributed by atoms with Crippen LogP contribution in [-0.4, -0.2) is 52.1 Å². The molecule has 3 rings (SSSR count). The molecule has 0 aliphatic carbocycles. The van der Waals surface area contributed by atoms with Crippen molar-refractivity contribution in [3.63, 3.8) is 0 Å². The van der Waals surface area contributed by atoms with Crippen LogP contribution in [-0.2, 0) is 21.0 Å². The van der Waals surface area contributed by atoms with Crippen molar-refractivity contribution in [1.82, 2.24) is 5.06 Å². The van der Waals surface area contributed by atoms with E-state index in [2.05, 4.69) is 0 Å². The van der Waals surface area contributed by atoms with Gasteiger partial charge < -0.3 is 14.9 Å². The number of hydroxylamine groups is 2. The Balaban J connectivity index is 1.70. The largest absolute Gasteiger partial charge is 0.388 e. The third-order valence-electron chi connectivity index (χ3n) is 3.98. The fourth-order valence-electron chi connectivity index (χ4n) is 2.82. The maximum Gasteiger partial charge on any atom is 0.246 e. The summed E-state index contributed by atoms with van der Waals surface area (Å²) >= 11 is 0. The molecule has 0 radical (unpaired) electrons. The molecule has 0 saturated carbocycles. The minimum atomic E-state index is -1.05. The van der Waals surface area contributed by atoms with Gasteiger partial charge in [-0.05, 0) is 12.0 Å². The van der Waals surface area contributed by atoms with Crippen LogP contribution in [0.2, 0.25) is 0 Å². The van der Waals surface area contributed by atoms with Crippen LogP contribution < -0.4 is 0 Å². The first-order valence-corrected chi connectivity index (χ1v) is 7.13. The van der Waals surface area contributed by atoms with Gasteiger partial charge in [0, 0.05) is 6.42 Å². The Bertz CT molecular complexity index is 494. The molecule has 1 amide bonds. The van der Waals surface area contributed by atoms with Crippen molar-refractivity contribution in [2.45, 2.75) is 43.8 Å². The molecule has 0 bridgehead atoms. The highest BCUT2D eigenvalue weighted by atomic mass is 16.7. The van der Waals surface area contributed by atoms with E-state index < -0.39 is 18.2 Å². The van der Waals surface area contributed by atoms with Crippen molar-refractivity contribution in [2.24, 2.45) is 0 Å². The number of hydrogen-bond donors (Lipinski definition) is 2. The molecular formula is C15H19NO5. The molecule has 0 spiro atoms. The number of carbonyl (C=O) groups excluding carboxylic acids is 1. The van der Waals surface area contributed by atoms with Gasteiger partial charge in [0.2, 0.25) is 5.91 Å². The number of aliphatic hydroxyl groups is 2. The first-order chi connectivity index (χ1) is 10.2. The number of rotatable bonds is 3. The molecule has 4 atom stereocenters. The second kappa shape index (κ2) is 6.11. The number of piperidine rings is 1. The number of fused-ring (bicyclic) bond motifs is 1. The SMILES string of the molecule is O=C1CC[C@@H](OCc2ccccc2)[C@@H]2[C@@H](O)[C@@H](O)CON12. The average Bonchev–Trinajstić information content (AvgIpc) is 2.51. The van der Waals surface area contributed by atoms with E-state index in [1.165, 1.54) is 5.06 Å². The summed E-state index contributed by atoms with van der Waals surface area (Å²) in [5.41, 5.74) is 1.02. The Kier molecular flexibility index (Phi) is 4.21. The van der Waals surface area contributed by atoms with Crippen molar-refractivity contribution in [3.05, 3.63) is 35.9 Å². The summed E-state index contributed by atoms with van der Waals surface area (Å²) in [5.74, 6) is -0.175. The molecule has 6 heteroatoms. The fraction of sp³-hybridized carbons (Fsp3) is 0.533. The van der Waals surface area contributed by atoms with Crippen molar-refractivity contribution >= 4 is 5.91 Å². The molecule has 114 valence electrons. The van der Waals surface area contributed by atoms with E-state index in [-0.39, 0.29) is 18.6 Å². The van der Waals surface area contributed by atoms with Gasteiger partial charge in [-0.3, -0.25) is 9.63 Å². The molecule has 2 heterocycles. The Hall–Kier alpha value is -1.47. The van der Waals surface area contributed by atoms with Gasteiger partial charge in [-0.1, -0.05) is 30.3 Å². The highest BCUT2D eigenvalue weighted by molar-refractivity contribution is 5.76. The molecule has 1 aromatic carbocycles. The van der Waals surface area contributed by atoms with Crippen molar-refractivity contribution in [1.29, 1.82) is 0 Å². The van der Waals surface area contributed by atoms with E-state index in [9.17, 15) is 15.0 Å². The van der Waals surface area contributed by atoms with Gasteiger partial charge in [0.15, 0.2) is 0 Å². The molecule has 6 nitrogen and oxygen atoms in total. The molecular weight excluding hydrogens is 274 g/mol. The lowest BCUT2D eigenvalue weighted by atomic mass is 9.91. The van der Waals surface area contributed by atoms with Crippen LogP contribution in [0, 0.1) is 0 Å². The van der Waals surface area contributed by atoms with Gasteiger partial charge >= 0.3 is 0 Å². The average molecular weight is 293 g/mol. The maximum atomic E-state index is 11.9. The molecule has 2 saturated heterocycles. The summed E-state index contributed by atoms with van der Waals surface area (Å²) in [6, 6.07) is 9.04. The zero-order valence-electron chi connectivity index (χ0n) is 11.6. The van der Waals surface area contributed by atoms with E-state index in [1.807, 2.05) is 30.3 Å². The smallest absolute Gasteiger partial charge is 0.246 e. The highest BCUT2D eigenvalue weighted by Crippen LogP contribution is 2.29. The topological polar surface area (TPSA) is 79.2 Å². The van der Waals surface area contributed by atoms with Gasteiger partial charge in [-0.15, -0.1) is 0 Å². The number of aliphatic hydroxyl groups excluding tert-OH is 2. The molecule has 2 fully saturated rings. The predicted molar refractivity (Wildman–Crippen MR) is 72.9 cm³/mol. The van der Waals surface area contributed by atoms with E-state index >= 15 is 0 Å². The third kappa shape index (κ3) is 2.94. The van der Waals surface area contributed by atoms with Gasteiger partial charge in [-0.2, -0.15) is 0 Å². The van der Waals surface area contributed by atoms with E-state index in [0.717, 1.165) is 5.56 Å². The summed E-state index contributed by atoms with van der Waals surface area (Å²) < 4.78 is 5.86. The molecule has 1 aromatic rings. The van der Waals surface area contributed by atoms with Crippen LogP contribution in [0.15, 0.2) is 30.3 Å². The lowest BCUT2D eigenvalue weighted by molar-refractivity contribution is -0.287. The first-order valence-electron chi connectivity index (χ1n) is 7.13. The van der Waals surface area contributed by atoms with Crippen LogP contribution in [0.4, 0.5) is 0 Å². The summed E-state index contributed by atoms with van der Waals surface area (Å²) in [6.45, 7) is 0.321. The Morgan fingerprint density at radius 2 is 2.05 bits per heavy atom. The molecule has 21 heavy (non-hydrogen) atoms. The number of carbonyl (C=O) groups is 1. The third-order valence-corrected chi connectivity index (χ3v) is 3.98. The van der Waals surface area contributed by atoms with Gasteiger partial charge in [0.1, 0.15) is 24.9 Å². The molecule has 0 aromatic heterocycles. The first kappa shape index (κ1) is 14.5. The number of benzene rings is 1. The molecule has 2 aliphatic rings. The van der Waals surface area contributed by atoms with Crippen molar-refractivity contribution < 1.29 is 24.6 Å². The normalized spacial score (nSPS) is 32.9. The van der Waals surface area contributed by atoms with Gasteiger partial charge in [0.25, 0.3) is 0 Å². The summed E-state index contributed by atoms with van der Waals surface area (Å²) in [4.78, 5) is 17.1. The van der Waals surface area contributed by atoms with Crippen LogP contribution >= 0.6 is 0 Å². The second-order valence-corrected chi connectivity index (χ2v) is 5.44. The van der Waals surface area contributed by atoms with Crippen LogP contribution in [0.1, 0.15) is 18.4 Å². The predicted octanol–water partition coefficient (Wildman–Crippen LogP) is 0.230. The fourth-order valence-corrected chi connectivity index (χ4v) is 2.82. The number of hydrogen-bond acceptors (Lipinski definition) is 5. The highest BCUT2D eigenvalue weighted by Gasteiger charge is 2.47. The Morgan fingerprint density at radius 3 is 2.81 bits per heavy atom. The number of nitrogens with zero attached hydrogens (tertiary/aromatic N) is 1. The van der Waals surface area contributed by atoms with Crippen LogP contribution in [0.3, 0.4) is 0 Å². The quantitative estimate of drug-likeness (QED) is 0.834. The Labute approximate surface area is 122 Å². The zero-order chi connectivity index (χ0) is 14.8. The lowest BCUT2D eigenvalue weighted by Crippen LogP contribution is -2.64. The standard InChI is InChI=1S/C15H19NO5/c17-11-9-21-16-13(18)7-6-12(14(16)15(11)19)20-8-10-4-2-1-3-5-10/h1-5,11-12,14-15,17,19H,6-9H2/t11-,12+,14+,15-/m0/s1. The summed E-state index contributed by atoms with van der Waals surface area (Å²) in [6.07, 6.45) is -1.57. The van der Waals surface area contributed by atoms with Crippen LogP contribution in [0.5, 0.6) is 0 Å². The number of ether oxygens (including phenoxy) is 1. The minimum Gasteiger partial charge on any atom is -0.388 e.